The third-order valence-corrected chi connectivity index (χ3v) is 7.66. The predicted octanol–water partition coefficient (Wildman–Crippen LogP) is 9.02. The van der Waals surface area contributed by atoms with E-state index in [9.17, 15) is 0 Å². The molecule has 2 saturated carbocycles. The summed E-state index contributed by atoms with van der Waals surface area (Å²) in [5, 5.41) is 0. The van der Waals surface area contributed by atoms with Gasteiger partial charge in [-0.2, -0.15) is 0 Å². The van der Waals surface area contributed by atoms with Gasteiger partial charge in [0.15, 0.2) is 0 Å². The summed E-state index contributed by atoms with van der Waals surface area (Å²) in [5.41, 5.74) is 1.32. The van der Waals surface area contributed by atoms with Crippen molar-refractivity contribution in [1.82, 2.24) is 0 Å². The minimum absolute atomic E-state index is 0. The Morgan fingerprint density at radius 3 is 0.875 bits per heavy atom. The molecule has 0 bridgehead atoms. The first-order valence-electron chi connectivity index (χ1n) is 11.4. The molecule has 0 amide bonds. The molecule has 0 N–H and O–H groups in total. The van der Waals surface area contributed by atoms with Gasteiger partial charge in [-0.3, -0.25) is 5.92 Å². The topological polar surface area (TPSA) is 0 Å². The van der Waals surface area contributed by atoms with Gasteiger partial charge in [-0.25, -0.2) is 0 Å². The monoisotopic (exact) mass is 506 g/mol. The van der Waals surface area contributed by atoms with Gasteiger partial charge in [-0.15, -0.1) is 0 Å². The van der Waals surface area contributed by atoms with Crippen LogP contribution in [0.25, 0.3) is 0 Å². The molecule has 0 aliphatic heterocycles. The summed E-state index contributed by atoms with van der Waals surface area (Å²) in [4.78, 5) is 0. The Kier molecular flexibility index (Phi) is 14.5. The Hall–Kier alpha value is 0.103. The van der Waals surface area contributed by atoms with Crippen molar-refractivity contribution in [1.29, 1.82) is 0 Å². The van der Waals surface area contributed by atoms with Crippen LogP contribution in [-0.4, -0.2) is 0 Å². The Bertz CT molecular complexity index is 488. The van der Waals surface area contributed by atoms with Gasteiger partial charge >= 0.3 is 26.2 Å². The van der Waals surface area contributed by atoms with Crippen LogP contribution in [-0.2, 0) is 26.2 Å². The molecule has 10 radical (unpaired) electrons. The van der Waals surface area contributed by atoms with Gasteiger partial charge in [0.05, 0.1) is 0 Å². The van der Waals surface area contributed by atoms with Crippen LogP contribution in [0.15, 0.2) is 30.3 Å². The van der Waals surface area contributed by atoms with E-state index in [1.807, 2.05) is 18.2 Å². The van der Waals surface area contributed by atoms with Crippen molar-refractivity contribution < 1.29 is 26.2 Å². The van der Waals surface area contributed by atoms with E-state index >= 15 is 0 Å². The van der Waals surface area contributed by atoms with Crippen LogP contribution in [0.2, 0.25) is 0 Å². The molecular weight excluding hydrogens is 464 g/mol. The normalized spacial score (nSPS) is 22.4. The molecule has 0 heterocycles. The summed E-state index contributed by atoms with van der Waals surface area (Å²) in [6.07, 6.45) is 0. The van der Waals surface area contributed by atoms with Crippen LogP contribution >= 0.6 is 0 Å². The van der Waals surface area contributed by atoms with Crippen LogP contribution < -0.4 is 0 Å². The maximum absolute atomic E-state index is 3.90. The second-order valence-electron chi connectivity index (χ2n) is 9.21. The number of rotatable bonds is 2. The number of hydrogen-bond acceptors (Lipinski definition) is 0. The fourth-order valence-electron chi connectivity index (χ4n) is 3.84. The van der Waals surface area contributed by atoms with Gasteiger partial charge in [0.25, 0.3) is 0 Å². The van der Waals surface area contributed by atoms with Gasteiger partial charge in [-0.05, 0) is 64.7 Å². The molecule has 0 saturated heterocycles. The molecule has 1 unspecified atom stereocenters. The Balaban J connectivity index is 0.000000444. The summed E-state index contributed by atoms with van der Waals surface area (Å²) in [5.74, 6) is 15.4. The molecule has 3 rings (SSSR count). The zero-order chi connectivity index (χ0) is 24.0. The first-order chi connectivity index (χ1) is 14.3. The van der Waals surface area contributed by atoms with Gasteiger partial charge in [0, 0.05) is 0 Å². The van der Waals surface area contributed by atoms with E-state index in [4.69, 9.17) is 0 Å². The second kappa shape index (κ2) is 14.5. The van der Waals surface area contributed by atoms with E-state index in [1.165, 1.54) is 64.7 Å². The summed E-state index contributed by atoms with van der Waals surface area (Å²) in [6, 6.07) is 10.4. The third-order valence-electron chi connectivity index (χ3n) is 7.66. The molecule has 0 aromatic heterocycles. The van der Waals surface area contributed by atoms with Gasteiger partial charge in [0.2, 0.25) is 0 Å². The van der Waals surface area contributed by atoms with Gasteiger partial charge in [-0.1, -0.05) is 112 Å². The summed E-state index contributed by atoms with van der Waals surface area (Å²) < 4.78 is 0. The summed E-state index contributed by atoms with van der Waals surface area (Å²) in [6.45, 7) is 32.0. The molecule has 0 spiro atoms. The first kappa shape index (κ1) is 32.1. The van der Waals surface area contributed by atoms with Crippen molar-refractivity contribution in [2.45, 2.75) is 82.1 Å². The molecular formula is C31H44Zr. The zero-order valence-electron chi connectivity index (χ0n) is 22.5. The van der Waals surface area contributed by atoms with Crippen LogP contribution in [0.1, 0.15) is 87.6 Å². The number of benzene rings is 1. The van der Waals surface area contributed by atoms with E-state index in [1.54, 1.807) is 0 Å². The molecule has 1 atom stereocenters. The molecule has 172 valence electrons. The van der Waals surface area contributed by atoms with Crippen molar-refractivity contribution in [3.8, 4) is 0 Å². The minimum Gasteiger partial charge on any atom is -0.369 e. The largest absolute Gasteiger partial charge is 2.00 e. The molecule has 1 aromatic rings. The minimum atomic E-state index is 0. The average Bonchev–Trinajstić information content (AvgIpc) is 3.04. The van der Waals surface area contributed by atoms with E-state index < -0.39 is 0 Å². The van der Waals surface area contributed by atoms with Crippen LogP contribution in [0.4, 0.5) is 0 Å². The Morgan fingerprint density at radius 2 is 0.688 bits per heavy atom. The number of hydrogen-bond donors (Lipinski definition) is 0. The third kappa shape index (κ3) is 8.10. The maximum Gasteiger partial charge on any atom is 2.00 e. The zero-order valence-corrected chi connectivity index (χ0v) is 24.9. The second-order valence-corrected chi connectivity index (χ2v) is 9.21. The SMILES string of the molecule is C[C]1[C](C)[C](C)[C](C)[C]1C.C[C]1[C](C)[C](C)[C](C)[C]1C.[CH2-]C([CH2-])C(C)c1ccccc1.[Zr+2]. The molecule has 2 aliphatic carbocycles. The molecule has 2 fully saturated rings. The van der Waals surface area contributed by atoms with E-state index in [2.05, 4.69) is 102 Å². The van der Waals surface area contributed by atoms with Crippen molar-refractivity contribution in [2.24, 2.45) is 5.92 Å². The fraction of sp³-hybridized carbons (Fsp3) is 0.419. The van der Waals surface area contributed by atoms with Crippen molar-refractivity contribution in [3.63, 3.8) is 0 Å². The first-order valence-corrected chi connectivity index (χ1v) is 11.4. The molecule has 32 heavy (non-hydrogen) atoms. The Morgan fingerprint density at radius 1 is 0.469 bits per heavy atom. The average molecular weight is 508 g/mol. The van der Waals surface area contributed by atoms with Crippen LogP contribution in [0.5, 0.6) is 0 Å². The maximum atomic E-state index is 3.90. The molecule has 1 heteroatoms. The fourth-order valence-corrected chi connectivity index (χ4v) is 3.84. The quantitative estimate of drug-likeness (QED) is 0.350. The predicted molar refractivity (Wildman–Crippen MR) is 138 cm³/mol. The standard InChI is InChI=1S/C11H14.2C10H15.Zr/c1-9(2)10(3)11-7-5-4-6-8-11;2*1-6-7(2)9(4)10(5)8(6)3;/h4-10H,1-2H2,3H3;2*1-5H3;/q-2;;;+2. The van der Waals surface area contributed by atoms with E-state index in [-0.39, 0.29) is 32.1 Å². The molecule has 0 nitrogen and oxygen atoms in total. The van der Waals surface area contributed by atoms with Crippen LogP contribution in [0, 0.1) is 78.9 Å². The van der Waals surface area contributed by atoms with Crippen molar-refractivity contribution in [2.75, 3.05) is 0 Å². The summed E-state index contributed by atoms with van der Waals surface area (Å²) >= 11 is 0. The van der Waals surface area contributed by atoms with Gasteiger partial charge in [0.1, 0.15) is 0 Å². The Labute approximate surface area is 222 Å². The van der Waals surface area contributed by atoms with Crippen LogP contribution in [0.3, 0.4) is 0 Å². The molecule has 2 aliphatic rings. The smallest absolute Gasteiger partial charge is 0.369 e. The van der Waals surface area contributed by atoms with Gasteiger partial charge < -0.3 is 13.8 Å². The van der Waals surface area contributed by atoms with Crippen molar-refractivity contribution >= 4 is 0 Å². The molecule has 1 aromatic carbocycles. The van der Waals surface area contributed by atoms with Crippen molar-refractivity contribution in [3.05, 3.63) is 109 Å². The summed E-state index contributed by atoms with van der Waals surface area (Å²) in [7, 11) is 0. The van der Waals surface area contributed by atoms with E-state index in [0.717, 1.165) is 0 Å². The van der Waals surface area contributed by atoms with E-state index in [0.29, 0.717) is 5.92 Å².